The first-order chi connectivity index (χ1) is 12.2. The van der Waals surface area contributed by atoms with Crippen molar-refractivity contribution < 1.29 is 0 Å². The second-order valence-corrected chi connectivity index (χ2v) is 6.15. The zero-order valence-electron chi connectivity index (χ0n) is 14.0. The van der Waals surface area contributed by atoms with Crippen LogP contribution in [-0.4, -0.2) is 67.4 Å². The van der Waals surface area contributed by atoms with Gasteiger partial charge in [-0.15, -0.1) is 0 Å². The maximum atomic E-state index is 12.7. The second-order valence-electron chi connectivity index (χ2n) is 6.15. The summed E-state index contributed by atoms with van der Waals surface area (Å²) in [6.45, 7) is 3.93. The number of nitrogens with zero attached hydrogens (tertiary/aromatic N) is 7. The van der Waals surface area contributed by atoms with E-state index >= 15 is 0 Å². The van der Waals surface area contributed by atoms with Crippen molar-refractivity contribution in [1.29, 1.82) is 0 Å². The van der Waals surface area contributed by atoms with E-state index in [1.54, 1.807) is 29.5 Å². The van der Waals surface area contributed by atoms with Gasteiger partial charge in [-0.1, -0.05) is 0 Å². The lowest BCUT2D eigenvalue weighted by atomic mass is 10.3. The fourth-order valence-electron chi connectivity index (χ4n) is 3.03. The van der Waals surface area contributed by atoms with E-state index in [9.17, 15) is 4.79 Å². The largest absolute Gasteiger partial charge is 0.355 e. The third kappa shape index (κ3) is 3.05. The van der Waals surface area contributed by atoms with Gasteiger partial charge in [0.15, 0.2) is 5.82 Å². The number of likely N-dealkylation sites (N-methyl/N-ethyl adjacent to an activating group) is 1. The van der Waals surface area contributed by atoms with Crippen molar-refractivity contribution in [2.24, 2.45) is 0 Å². The number of aromatic amines is 1. The molecule has 4 heterocycles. The predicted octanol–water partition coefficient (Wildman–Crippen LogP) is 0.283. The number of anilines is 1. The van der Waals surface area contributed by atoms with Crippen molar-refractivity contribution in [2.45, 2.75) is 6.42 Å². The molecule has 0 unspecified atom stereocenters. The highest BCUT2D eigenvalue weighted by Gasteiger charge is 2.16. The van der Waals surface area contributed by atoms with Crippen LogP contribution in [-0.2, 0) is 0 Å². The van der Waals surface area contributed by atoms with Crippen LogP contribution in [0.2, 0.25) is 0 Å². The van der Waals surface area contributed by atoms with E-state index < -0.39 is 0 Å². The van der Waals surface area contributed by atoms with Crippen LogP contribution in [0.25, 0.3) is 11.5 Å². The Morgan fingerprint density at radius 1 is 1.12 bits per heavy atom. The molecule has 9 heteroatoms. The third-order valence-electron chi connectivity index (χ3n) is 4.45. The van der Waals surface area contributed by atoms with Gasteiger partial charge in [-0.2, -0.15) is 4.68 Å². The molecule has 0 atom stereocenters. The van der Waals surface area contributed by atoms with Gasteiger partial charge in [0.1, 0.15) is 17.8 Å². The van der Waals surface area contributed by atoms with Crippen molar-refractivity contribution in [3.8, 4) is 11.5 Å². The van der Waals surface area contributed by atoms with E-state index in [1.165, 1.54) is 11.0 Å². The molecule has 0 bridgehead atoms. The van der Waals surface area contributed by atoms with Crippen LogP contribution < -0.4 is 10.5 Å². The van der Waals surface area contributed by atoms with Gasteiger partial charge in [-0.05, 0) is 20.0 Å². The number of imidazole rings is 1. The Kier molecular flexibility index (Phi) is 4.06. The highest BCUT2D eigenvalue weighted by atomic mass is 16.1. The Morgan fingerprint density at radius 2 is 2.00 bits per heavy atom. The normalized spacial score (nSPS) is 16.1. The summed E-state index contributed by atoms with van der Waals surface area (Å²) in [4.78, 5) is 29.8. The van der Waals surface area contributed by atoms with Gasteiger partial charge in [0, 0.05) is 44.3 Å². The molecule has 1 N–H and O–H groups in total. The molecular weight excluding hydrogens is 320 g/mol. The maximum Gasteiger partial charge on any atom is 0.296 e. The van der Waals surface area contributed by atoms with Gasteiger partial charge >= 0.3 is 0 Å². The number of hydrogen-bond donors (Lipinski definition) is 1. The highest BCUT2D eigenvalue weighted by molar-refractivity contribution is 5.44. The van der Waals surface area contributed by atoms with E-state index in [-0.39, 0.29) is 5.56 Å². The minimum atomic E-state index is -0.182. The summed E-state index contributed by atoms with van der Waals surface area (Å²) < 4.78 is 3.09. The van der Waals surface area contributed by atoms with Gasteiger partial charge in [-0.25, -0.2) is 15.0 Å². The first-order valence-corrected chi connectivity index (χ1v) is 8.27. The summed E-state index contributed by atoms with van der Waals surface area (Å²) in [6.07, 6.45) is 9.19. The third-order valence-corrected chi connectivity index (χ3v) is 4.45. The van der Waals surface area contributed by atoms with Gasteiger partial charge in [0.2, 0.25) is 0 Å². The summed E-state index contributed by atoms with van der Waals surface area (Å²) in [7, 11) is 2.13. The summed E-state index contributed by atoms with van der Waals surface area (Å²) in [5.41, 5.74) is 0.312. The molecule has 1 aliphatic rings. The van der Waals surface area contributed by atoms with Crippen molar-refractivity contribution in [2.75, 3.05) is 38.1 Å². The fraction of sp³-hybridized carbons (Fsp3) is 0.375. The molecule has 3 aromatic rings. The molecule has 0 aromatic carbocycles. The second kappa shape index (κ2) is 6.52. The number of H-pyrrole nitrogens is 1. The first kappa shape index (κ1) is 15.6. The predicted molar refractivity (Wildman–Crippen MR) is 93.4 cm³/mol. The van der Waals surface area contributed by atoms with Crippen LogP contribution in [0.5, 0.6) is 0 Å². The quantitative estimate of drug-likeness (QED) is 0.737. The highest BCUT2D eigenvalue weighted by Crippen LogP contribution is 2.15. The summed E-state index contributed by atoms with van der Waals surface area (Å²) >= 11 is 0. The number of nitrogens with one attached hydrogen (secondary N) is 1. The van der Waals surface area contributed by atoms with Crippen LogP contribution >= 0.6 is 0 Å². The monoisotopic (exact) mass is 340 g/mol. The molecule has 0 saturated carbocycles. The molecule has 0 amide bonds. The Labute approximate surface area is 144 Å². The van der Waals surface area contributed by atoms with Gasteiger partial charge < -0.3 is 9.80 Å². The van der Waals surface area contributed by atoms with Crippen LogP contribution in [0.1, 0.15) is 6.42 Å². The molecule has 130 valence electrons. The molecule has 3 aromatic heterocycles. The maximum absolute atomic E-state index is 12.7. The first-order valence-electron chi connectivity index (χ1n) is 8.27. The molecule has 9 nitrogen and oxygen atoms in total. The van der Waals surface area contributed by atoms with E-state index in [0.717, 1.165) is 38.4 Å². The zero-order valence-corrected chi connectivity index (χ0v) is 14.0. The van der Waals surface area contributed by atoms with E-state index in [0.29, 0.717) is 11.5 Å². The average Bonchev–Trinajstić information content (AvgIpc) is 3.22. The summed E-state index contributed by atoms with van der Waals surface area (Å²) in [5.74, 6) is 1.37. The lowest BCUT2D eigenvalue weighted by Gasteiger charge is -2.21. The Morgan fingerprint density at radius 3 is 2.84 bits per heavy atom. The molecule has 0 radical (unpaired) electrons. The van der Waals surface area contributed by atoms with Crippen molar-refractivity contribution >= 4 is 5.82 Å². The lowest BCUT2D eigenvalue weighted by Crippen LogP contribution is -2.29. The Hall–Kier alpha value is -2.94. The number of hydrogen-bond acceptors (Lipinski definition) is 6. The van der Waals surface area contributed by atoms with Gasteiger partial charge in [0.25, 0.3) is 5.56 Å². The topological polar surface area (TPSA) is 87.9 Å². The summed E-state index contributed by atoms with van der Waals surface area (Å²) in [6, 6.07) is 1.85. The van der Waals surface area contributed by atoms with Gasteiger partial charge in [-0.3, -0.25) is 14.5 Å². The fourth-order valence-corrected chi connectivity index (χ4v) is 3.03. The molecule has 1 saturated heterocycles. The molecule has 25 heavy (non-hydrogen) atoms. The lowest BCUT2D eigenvalue weighted by molar-refractivity contribution is 0.360. The van der Waals surface area contributed by atoms with E-state index in [1.807, 2.05) is 6.07 Å². The number of aromatic nitrogens is 6. The van der Waals surface area contributed by atoms with Crippen LogP contribution in [0.3, 0.4) is 0 Å². The average molecular weight is 340 g/mol. The SMILES string of the molecule is CN1CCCN(c2cc(-n3[nH]cc(-n4ccnc4)c3=O)ncn2)CC1. The van der Waals surface area contributed by atoms with Crippen LogP contribution in [0.4, 0.5) is 5.82 Å². The van der Waals surface area contributed by atoms with E-state index in [4.69, 9.17) is 0 Å². The van der Waals surface area contributed by atoms with Crippen LogP contribution in [0.15, 0.2) is 42.1 Å². The van der Waals surface area contributed by atoms with Crippen molar-refractivity contribution in [3.63, 3.8) is 0 Å². The molecule has 0 spiro atoms. The molecular formula is C16H20N8O. The number of rotatable bonds is 3. The van der Waals surface area contributed by atoms with Crippen LogP contribution in [0, 0.1) is 0 Å². The molecule has 4 rings (SSSR count). The van der Waals surface area contributed by atoms with E-state index in [2.05, 4.69) is 36.9 Å². The standard InChI is InChI=1S/C16H20N8O/c1-21-4-2-5-22(8-7-21)14-9-15(19-11-18-14)24-16(25)13(10-20-24)23-6-3-17-12-23/h3,6,9-12,20H,2,4-5,7-8H2,1H3. The van der Waals surface area contributed by atoms with Crippen molar-refractivity contribution in [1.82, 2.24) is 34.2 Å². The Bertz CT molecular complexity index is 897. The molecule has 0 aliphatic carbocycles. The minimum absolute atomic E-state index is 0.182. The molecule has 1 fully saturated rings. The minimum Gasteiger partial charge on any atom is -0.355 e. The van der Waals surface area contributed by atoms with Gasteiger partial charge in [0.05, 0.1) is 6.33 Å². The smallest absolute Gasteiger partial charge is 0.296 e. The summed E-state index contributed by atoms with van der Waals surface area (Å²) in [5, 5.41) is 2.97. The Balaban J connectivity index is 1.65. The van der Waals surface area contributed by atoms with Crippen molar-refractivity contribution in [3.05, 3.63) is 47.7 Å². The molecule has 1 aliphatic heterocycles. The zero-order chi connectivity index (χ0) is 17.2.